The van der Waals surface area contributed by atoms with E-state index in [-0.39, 0.29) is 5.69 Å². The van der Waals surface area contributed by atoms with Crippen molar-refractivity contribution in [2.24, 2.45) is 0 Å². The summed E-state index contributed by atoms with van der Waals surface area (Å²) in [4.78, 5) is 15.4. The fourth-order valence-electron chi connectivity index (χ4n) is 2.67. The van der Waals surface area contributed by atoms with Gasteiger partial charge in [-0.3, -0.25) is 0 Å². The fraction of sp³-hybridized carbons (Fsp3) is 0. The van der Waals surface area contributed by atoms with Gasteiger partial charge in [-0.1, -0.05) is 30.3 Å². The van der Waals surface area contributed by atoms with Crippen LogP contribution in [0.3, 0.4) is 0 Å². The molecule has 25 heavy (non-hydrogen) atoms. The maximum atomic E-state index is 11.4. The van der Waals surface area contributed by atoms with Crippen LogP contribution < -0.4 is 0 Å². The number of nitrogens with zero attached hydrogens (tertiary/aromatic N) is 4. The highest BCUT2D eigenvalue weighted by Crippen LogP contribution is 2.25. The molecule has 1 N–H and O–H groups in total. The van der Waals surface area contributed by atoms with Gasteiger partial charge in [0.15, 0.2) is 5.69 Å². The van der Waals surface area contributed by atoms with Gasteiger partial charge in [0.25, 0.3) is 0 Å². The van der Waals surface area contributed by atoms with Crippen molar-refractivity contribution >= 4 is 5.97 Å². The molecule has 0 spiro atoms. The number of aromatic carboxylic acids is 1. The van der Waals surface area contributed by atoms with Crippen LogP contribution in [-0.4, -0.2) is 30.4 Å². The summed E-state index contributed by atoms with van der Waals surface area (Å²) in [7, 11) is 0. The average molecular weight is 330 g/mol. The van der Waals surface area contributed by atoms with E-state index in [1.54, 1.807) is 23.3 Å². The van der Waals surface area contributed by atoms with E-state index in [9.17, 15) is 9.90 Å². The Balaban J connectivity index is 1.80. The van der Waals surface area contributed by atoms with Crippen LogP contribution in [-0.2, 0) is 0 Å². The van der Waals surface area contributed by atoms with Crippen LogP contribution in [0.25, 0.3) is 22.6 Å². The third kappa shape index (κ3) is 2.81. The summed E-state index contributed by atoms with van der Waals surface area (Å²) in [5, 5.41) is 13.5. The first-order valence-electron chi connectivity index (χ1n) is 7.70. The smallest absolute Gasteiger partial charge is 0.356 e. The second kappa shape index (κ2) is 6.09. The topological polar surface area (TPSA) is 72.9 Å². The molecule has 6 nitrogen and oxygen atoms in total. The Kier molecular flexibility index (Phi) is 3.63. The summed E-state index contributed by atoms with van der Waals surface area (Å²) in [6, 6.07) is 18.9. The first kappa shape index (κ1) is 14.9. The van der Waals surface area contributed by atoms with Gasteiger partial charge in [-0.25, -0.2) is 14.5 Å². The van der Waals surface area contributed by atoms with E-state index in [1.807, 2.05) is 65.4 Å². The Labute approximate surface area is 143 Å². The molecule has 6 heteroatoms. The molecule has 0 amide bonds. The first-order valence-corrected chi connectivity index (χ1v) is 7.70. The van der Waals surface area contributed by atoms with Crippen molar-refractivity contribution in [1.29, 1.82) is 0 Å². The summed E-state index contributed by atoms with van der Waals surface area (Å²) in [6.45, 7) is 0. The zero-order valence-corrected chi connectivity index (χ0v) is 13.1. The molecule has 0 saturated heterocycles. The minimum Gasteiger partial charge on any atom is -0.476 e. The van der Waals surface area contributed by atoms with E-state index in [1.165, 1.54) is 0 Å². The quantitative estimate of drug-likeness (QED) is 0.622. The van der Waals surface area contributed by atoms with Gasteiger partial charge in [0.1, 0.15) is 0 Å². The minimum atomic E-state index is -1.05. The lowest BCUT2D eigenvalue weighted by atomic mass is 10.1. The van der Waals surface area contributed by atoms with Crippen molar-refractivity contribution in [3.63, 3.8) is 0 Å². The number of carbonyl (C=O) groups is 1. The maximum absolute atomic E-state index is 11.4. The van der Waals surface area contributed by atoms with Crippen LogP contribution in [0.1, 0.15) is 10.5 Å². The number of imidazole rings is 1. The molecular weight excluding hydrogens is 316 g/mol. The van der Waals surface area contributed by atoms with E-state index < -0.39 is 5.97 Å². The van der Waals surface area contributed by atoms with Gasteiger partial charge in [-0.15, -0.1) is 0 Å². The fourth-order valence-corrected chi connectivity index (χ4v) is 2.67. The minimum absolute atomic E-state index is 0.0116. The molecular formula is C19H14N4O2. The van der Waals surface area contributed by atoms with Gasteiger partial charge in [0, 0.05) is 23.6 Å². The molecule has 0 radical (unpaired) electrons. The van der Waals surface area contributed by atoms with Gasteiger partial charge < -0.3 is 9.67 Å². The Hall–Kier alpha value is -3.67. The molecule has 0 aliphatic rings. The van der Waals surface area contributed by atoms with Crippen molar-refractivity contribution in [2.75, 3.05) is 0 Å². The zero-order valence-electron chi connectivity index (χ0n) is 13.1. The summed E-state index contributed by atoms with van der Waals surface area (Å²) in [6.07, 6.45) is 5.31. The molecule has 0 fully saturated rings. The van der Waals surface area contributed by atoms with E-state index in [4.69, 9.17) is 0 Å². The van der Waals surface area contributed by atoms with Gasteiger partial charge in [-0.05, 0) is 30.3 Å². The van der Waals surface area contributed by atoms with Crippen molar-refractivity contribution < 1.29 is 9.90 Å². The van der Waals surface area contributed by atoms with Crippen LogP contribution in [0, 0.1) is 0 Å². The number of benzene rings is 2. The summed E-state index contributed by atoms with van der Waals surface area (Å²) in [5.41, 5.74) is 3.40. The molecule has 0 aliphatic heterocycles. The monoisotopic (exact) mass is 330 g/mol. The lowest BCUT2D eigenvalue weighted by molar-refractivity contribution is 0.0690. The van der Waals surface area contributed by atoms with E-state index in [0.717, 1.165) is 22.6 Å². The molecule has 4 rings (SSSR count). The molecule has 0 bridgehead atoms. The Bertz CT molecular complexity index is 1000. The van der Waals surface area contributed by atoms with Crippen LogP contribution in [0.5, 0.6) is 0 Å². The van der Waals surface area contributed by atoms with Gasteiger partial charge >= 0.3 is 5.97 Å². The molecule has 2 aromatic carbocycles. The highest BCUT2D eigenvalue weighted by Gasteiger charge is 2.15. The van der Waals surface area contributed by atoms with Crippen molar-refractivity contribution in [2.45, 2.75) is 0 Å². The molecule has 0 unspecified atom stereocenters. The summed E-state index contributed by atoms with van der Waals surface area (Å²) in [5.74, 6) is -1.05. The number of para-hydroxylation sites is 1. The second-order valence-electron chi connectivity index (χ2n) is 5.48. The van der Waals surface area contributed by atoms with E-state index >= 15 is 0 Å². The van der Waals surface area contributed by atoms with Crippen LogP contribution >= 0.6 is 0 Å². The van der Waals surface area contributed by atoms with Crippen molar-refractivity contribution in [3.05, 3.63) is 85.1 Å². The number of carboxylic acid groups (broad SMARTS) is 1. The molecule has 0 saturated carbocycles. The predicted octanol–water partition coefficient (Wildman–Crippen LogP) is 3.42. The zero-order chi connectivity index (χ0) is 17.2. The molecule has 2 heterocycles. The normalized spacial score (nSPS) is 10.7. The lowest BCUT2D eigenvalue weighted by Gasteiger charge is -2.08. The number of carboxylic acids is 1. The molecule has 0 atom stereocenters. The summed E-state index contributed by atoms with van der Waals surface area (Å²) >= 11 is 0. The molecule has 0 aliphatic carbocycles. The molecule has 2 aromatic heterocycles. The summed E-state index contributed by atoms with van der Waals surface area (Å²) < 4.78 is 3.55. The van der Waals surface area contributed by atoms with Gasteiger partial charge in [0.2, 0.25) is 0 Å². The number of hydrogen-bond donors (Lipinski definition) is 1. The van der Waals surface area contributed by atoms with Crippen LogP contribution in [0.15, 0.2) is 79.4 Å². The third-order valence-corrected chi connectivity index (χ3v) is 3.89. The number of rotatable bonds is 4. The van der Waals surface area contributed by atoms with Crippen LogP contribution in [0.4, 0.5) is 0 Å². The third-order valence-electron chi connectivity index (χ3n) is 3.89. The van der Waals surface area contributed by atoms with Gasteiger partial charge in [-0.2, -0.15) is 5.10 Å². The molecule has 4 aromatic rings. The highest BCUT2D eigenvalue weighted by molar-refractivity contribution is 5.87. The lowest BCUT2D eigenvalue weighted by Crippen LogP contribution is -2.02. The predicted molar refractivity (Wildman–Crippen MR) is 93.1 cm³/mol. The largest absolute Gasteiger partial charge is 0.476 e. The van der Waals surface area contributed by atoms with Crippen molar-refractivity contribution in [1.82, 2.24) is 19.3 Å². The first-order chi connectivity index (χ1) is 12.2. The highest BCUT2D eigenvalue weighted by atomic mass is 16.4. The van der Waals surface area contributed by atoms with E-state index in [0.29, 0.717) is 0 Å². The SMILES string of the molecule is O=C(O)c1cc(-c2ccc(-n3ccnc3)cc2)n(-c2ccccc2)n1. The maximum Gasteiger partial charge on any atom is 0.356 e. The van der Waals surface area contributed by atoms with Crippen molar-refractivity contribution in [3.8, 4) is 22.6 Å². The number of aromatic nitrogens is 4. The standard InChI is InChI=1S/C19H14N4O2/c24-19(25)17-12-18(23(21-17)16-4-2-1-3-5-16)14-6-8-15(9-7-14)22-11-10-20-13-22/h1-13H,(H,24,25). The Morgan fingerprint density at radius 1 is 0.960 bits per heavy atom. The second-order valence-corrected chi connectivity index (χ2v) is 5.48. The van der Waals surface area contributed by atoms with Gasteiger partial charge in [0.05, 0.1) is 17.7 Å². The Morgan fingerprint density at radius 3 is 2.36 bits per heavy atom. The molecule has 122 valence electrons. The number of hydrogen-bond acceptors (Lipinski definition) is 3. The Morgan fingerprint density at radius 2 is 1.72 bits per heavy atom. The van der Waals surface area contributed by atoms with Crippen LogP contribution in [0.2, 0.25) is 0 Å². The van der Waals surface area contributed by atoms with E-state index in [2.05, 4.69) is 10.1 Å². The average Bonchev–Trinajstić information content (AvgIpc) is 3.33.